The van der Waals surface area contributed by atoms with Gasteiger partial charge in [0.1, 0.15) is 11.5 Å². The minimum Gasteiger partial charge on any atom is -0.497 e. The van der Waals surface area contributed by atoms with Crippen molar-refractivity contribution in [3.8, 4) is 11.5 Å². The normalized spacial score (nSPS) is 11.5. The van der Waals surface area contributed by atoms with E-state index in [1.807, 2.05) is 0 Å². The third-order valence-electron chi connectivity index (χ3n) is 11.4. The summed E-state index contributed by atoms with van der Waals surface area (Å²) >= 11 is 0. The number of aryl methyl sites for hydroxylation is 4. The van der Waals surface area contributed by atoms with Crippen LogP contribution in [0.25, 0.3) is 32.3 Å². The Morgan fingerprint density at radius 2 is 0.732 bits per heavy atom. The highest BCUT2D eigenvalue weighted by Gasteiger charge is 2.25. The Morgan fingerprint density at radius 1 is 0.411 bits per heavy atom. The fourth-order valence-electron chi connectivity index (χ4n) is 8.32. The van der Waals surface area contributed by atoms with E-state index in [-0.39, 0.29) is 0 Å². The van der Waals surface area contributed by atoms with E-state index in [1.165, 1.54) is 65.9 Å². The van der Waals surface area contributed by atoms with Crippen LogP contribution < -0.4 is 19.3 Å². The third-order valence-corrected chi connectivity index (χ3v) is 11.4. The van der Waals surface area contributed by atoms with Gasteiger partial charge in [-0.2, -0.15) is 0 Å². The number of hydrogen-bond acceptors (Lipinski definition) is 4. The van der Waals surface area contributed by atoms with E-state index in [0.29, 0.717) is 0 Å². The van der Waals surface area contributed by atoms with Crippen molar-refractivity contribution in [3.63, 3.8) is 0 Å². The molecule has 0 atom stereocenters. The van der Waals surface area contributed by atoms with Crippen molar-refractivity contribution < 1.29 is 9.47 Å². The van der Waals surface area contributed by atoms with Gasteiger partial charge >= 0.3 is 0 Å². The Kier molecular flexibility index (Phi) is 10.6. The lowest BCUT2D eigenvalue weighted by atomic mass is 9.86. The highest BCUT2D eigenvalue weighted by Crippen LogP contribution is 2.50. The monoisotopic (exact) mass is 736 g/mol. The Hall–Kier alpha value is -6.00. The van der Waals surface area contributed by atoms with E-state index >= 15 is 0 Å². The fraction of sp³-hybridized carbons (Fsp3) is 0.231. The van der Waals surface area contributed by atoms with Crippen molar-refractivity contribution in [2.24, 2.45) is 0 Å². The third kappa shape index (κ3) is 6.90. The summed E-state index contributed by atoms with van der Waals surface area (Å²) < 4.78 is 11.2. The maximum Gasteiger partial charge on any atom is 0.119 e. The minimum absolute atomic E-state index is 0.846. The predicted octanol–water partition coefficient (Wildman–Crippen LogP) is 14.8. The average Bonchev–Trinajstić information content (AvgIpc) is 3.24. The van der Waals surface area contributed by atoms with Gasteiger partial charge in [0.15, 0.2) is 0 Å². The van der Waals surface area contributed by atoms with Crippen molar-refractivity contribution in [3.05, 3.63) is 156 Å². The maximum absolute atomic E-state index is 5.61. The highest BCUT2D eigenvalue weighted by atomic mass is 16.5. The minimum atomic E-state index is 0.846. The zero-order chi connectivity index (χ0) is 38.8. The molecule has 0 aliphatic carbocycles. The van der Waals surface area contributed by atoms with Crippen molar-refractivity contribution >= 4 is 66.4 Å². The number of unbranched alkanes of at least 4 members (excludes halogenated alkanes) is 2. The fourth-order valence-corrected chi connectivity index (χ4v) is 8.32. The summed E-state index contributed by atoms with van der Waals surface area (Å²) in [5, 5.41) is 7.87. The van der Waals surface area contributed by atoms with Crippen LogP contribution in [0.2, 0.25) is 0 Å². The lowest BCUT2D eigenvalue weighted by Gasteiger charge is -2.31. The van der Waals surface area contributed by atoms with Crippen LogP contribution in [-0.2, 0) is 12.8 Å². The molecule has 8 aromatic carbocycles. The first-order valence-electron chi connectivity index (χ1n) is 20.2. The molecule has 0 radical (unpaired) electrons. The largest absolute Gasteiger partial charge is 0.497 e. The zero-order valence-corrected chi connectivity index (χ0v) is 33.7. The van der Waals surface area contributed by atoms with Gasteiger partial charge in [-0.1, -0.05) is 86.3 Å². The molecule has 0 saturated heterocycles. The van der Waals surface area contributed by atoms with Crippen LogP contribution in [0.15, 0.2) is 133 Å². The summed E-state index contributed by atoms with van der Waals surface area (Å²) in [7, 11) is 3.45. The van der Waals surface area contributed by atoms with Gasteiger partial charge < -0.3 is 19.3 Å². The zero-order valence-electron chi connectivity index (χ0n) is 33.7. The quantitative estimate of drug-likeness (QED) is 0.104. The van der Waals surface area contributed by atoms with E-state index in [9.17, 15) is 0 Å². The first-order chi connectivity index (χ1) is 27.4. The number of benzene rings is 8. The number of nitrogens with zero attached hydrogens (tertiary/aromatic N) is 2. The predicted molar refractivity (Wildman–Crippen MR) is 239 cm³/mol. The molecule has 0 aliphatic heterocycles. The Labute approximate surface area is 332 Å². The van der Waals surface area contributed by atoms with Gasteiger partial charge in [0.25, 0.3) is 0 Å². The number of hydrogen-bond donors (Lipinski definition) is 0. The van der Waals surface area contributed by atoms with Crippen molar-refractivity contribution in [2.75, 3.05) is 24.0 Å². The van der Waals surface area contributed by atoms with Gasteiger partial charge in [-0.25, -0.2) is 0 Å². The van der Waals surface area contributed by atoms with Crippen LogP contribution in [0.3, 0.4) is 0 Å². The van der Waals surface area contributed by atoms with Crippen LogP contribution in [0.5, 0.6) is 11.5 Å². The summed E-state index contributed by atoms with van der Waals surface area (Å²) in [4.78, 5) is 4.88. The highest BCUT2D eigenvalue weighted by molar-refractivity contribution is 6.29. The van der Waals surface area contributed by atoms with E-state index in [1.54, 1.807) is 14.2 Å². The molecule has 0 fully saturated rings. The SMILES string of the molecule is CCCCc1cc(N(c2ccc(C)cc2)c2ccc(OC)cc2)c2ccc3c(CCCC)cc(N(c4ccc(C)cc4)c4ccc(OC)cc4)c4ccc1c2c34. The second-order valence-corrected chi connectivity index (χ2v) is 15.1. The lowest BCUT2D eigenvalue weighted by molar-refractivity contribution is 0.414. The second-order valence-electron chi connectivity index (χ2n) is 15.1. The van der Waals surface area contributed by atoms with E-state index in [0.717, 1.165) is 72.8 Å². The van der Waals surface area contributed by atoms with Gasteiger partial charge in [-0.15, -0.1) is 0 Å². The molecule has 4 nitrogen and oxygen atoms in total. The molecule has 8 aromatic rings. The number of anilines is 6. The standard InChI is InChI=1S/C52H52N2O2/c1-7-9-11-37-33-49(53(39-17-13-35(3)14-18-39)41-21-25-43(55-5)26-22-41)47-32-30-46-38(12-10-8-2)34-50(48-31-29-45(37)51(47)52(46)48)54(40-19-15-36(4)16-20-40)42-23-27-44(56-6)28-24-42/h13-34H,7-12H2,1-6H3. The average molecular weight is 737 g/mol. The summed E-state index contributed by atoms with van der Waals surface area (Å²) in [6, 6.07) is 49.3. The van der Waals surface area contributed by atoms with Gasteiger partial charge in [0.05, 0.1) is 25.6 Å². The molecule has 0 heterocycles. The molecule has 0 bridgehead atoms. The van der Waals surface area contributed by atoms with Gasteiger partial charge in [-0.05, 0) is 157 Å². The molecule has 0 aliphatic rings. The van der Waals surface area contributed by atoms with Crippen LogP contribution in [0, 0.1) is 13.8 Å². The first-order valence-corrected chi connectivity index (χ1v) is 20.2. The molecule has 0 N–H and O–H groups in total. The number of rotatable bonds is 14. The first kappa shape index (κ1) is 36.9. The summed E-state index contributed by atoms with van der Waals surface area (Å²) in [5.41, 5.74) is 12.1. The molecular formula is C52H52N2O2. The van der Waals surface area contributed by atoms with Crippen molar-refractivity contribution in [1.29, 1.82) is 0 Å². The second kappa shape index (κ2) is 16.0. The molecule has 0 amide bonds. The molecule has 56 heavy (non-hydrogen) atoms. The van der Waals surface area contributed by atoms with Gasteiger partial charge in [0.2, 0.25) is 0 Å². The summed E-state index contributed by atoms with van der Waals surface area (Å²) in [5.74, 6) is 1.69. The molecule has 0 saturated carbocycles. The van der Waals surface area contributed by atoms with Crippen LogP contribution in [0.1, 0.15) is 61.8 Å². The van der Waals surface area contributed by atoms with Gasteiger partial charge in [-0.3, -0.25) is 0 Å². The molecule has 4 heteroatoms. The summed E-state index contributed by atoms with van der Waals surface area (Å²) in [6.07, 6.45) is 6.55. The Morgan fingerprint density at radius 3 is 1.05 bits per heavy atom. The molecule has 0 aromatic heterocycles. The van der Waals surface area contributed by atoms with Crippen molar-refractivity contribution in [1.82, 2.24) is 0 Å². The Bertz CT molecular complexity index is 2390. The van der Waals surface area contributed by atoms with E-state index < -0.39 is 0 Å². The molecule has 8 rings (SSSR count). The smallest absolute Gasteiger partial charge is 0.119 e. The van der Waals surface area contributed by atoms with Crippen molar-refractivity contribution in [2.45, 2.75) is 66.2 Å². The molecule has 282 valence electrons. The number of methoxy groups -OCH3 is 2. The van der Waals surface area contributed by atoms with E-state index in [4.69, 9.17) is 9.47 Å². The van der Waals surface area contributed by atoms with Gasteiger partial charge in [0, 0.05) is 33.5 Å². The molecule has 0 spiro atoms. The van der Waals surface area contributed by atoms with Crippen LogP contribution >= 0.6 is 0 Å². The lowest BCUT2D eigenvalue weighted by Crippen LogP contribution is -2.13. The van der Waals surface area contributed by atoms with Crippen LogP contribution in [0.4, 0.5) is 34.1 Å². The maximum atomic E-state index is 5.61. The summed E-state index contributed by atoms with van der Waals surface area (Å²) in [6.45, 7) is 8.88. The Balaban J connectivity index is 1.48. The van der Waals surface area contributed by atoms with Crippen LogP contribution in [-0.4, -0.2) is 14.2 Å². The number of ether oxygens (including phenoxy) is 2. The molecular weight excluding hydrogens is 685 g/mol. The molecule has 0 unspecified atom stereocenters. The van der Waals surface area contributed by atoms with E-state index in [2.05, 4.69) is 171 Å². The topological polar surface area (TPSA) is 24.9 Å².